The second kappa shape index (κ2) is 12.7. The summed E-state index contributed by atoms with van der Waals surface area (Å²) in [4.78, 5) is 40.1. The van der Waals surface area contributed by atoms with Crippen molar-refractivity contribution in [3.05, 3.63) is 82.2 Å². The van der Waals surface area contributed by atoms with Gasteiger partial charge in [-0.15, -0.1) is 23.1 Å². The maximum atomic E-state index is 13.1. The maximum Gasteiger partial charge on any atom is 0.341 e. The van der Waals surface area contributed by atoms with Gasteiger partial charge in [-0.05, 0) is 74.9 Å². The van der Waals surface area contributed by atoms with Gasteiger partial charge >= 0.3 is 5.97 Å². The van der Waals surface area contributed by atoms with Gasteiger partial charge in [0, 0.05) is 21.5 Å². The lowest BCUT2D eigenvalue weighted by Gasteiger charge is -2.14. The van der Waals surface area contributed by atoms with Crippen molar-refractivity contribution in [3.63, 3.8) is 0 Å². The highest BCUT2D eigenvalue weighted by Gasteiger charge is 2.28. The van der Waals surface area contributed by atoms with Gasteiger partial charge in [-0.1, -0.05) is 36.4 Å². The number of carbonyl (C=O) groups excluding carboxylic acids is 3. The summed E-state index contributed by atoms with van der Waals surface area (Å²) >= 11 is 2.87. The first-order chi connectivity index (χ1) is 17.9. The summed E-state index contributed by atoms with van der Waals surface area (Å²) in [5, 5.41) is 6.01. The fraction of sp³-hybridized carbons (Fsp3) is 0.276. The third kappa shape index (κ3) is 7.11. The number of carbonyl (C=O) groups is 3. The van der Waals surface area contributed by atoms with Crippen molar-refractivity contribution >= 4 is 57.6 Å². The Morgan fingerprint density at radius 3 is 2.62 bits per heavy atom. The van der Waals surface area contributed by atoms with Gasteiger partial charge in [0.25, 0.3) is 0 Å². The number of nitrogens with one attached hydrogen (secondary N) is 2. The molecule has 1 aliphatic rings. The molecule has 1 aliphatic carbocycles. The quantitative estimate of drug-likeness (QED) is 0.184. The van der Waals surface area contributed by atoms with Gasteiger partial charge in [0.1, 0.15) is 5.00 Å². The van der Waals surface area contributed by atoms with Gasteiger partial charge < -0.3 is 15.4 Å². The van der Waals surface area contributed by atoms with E-state index in [1.165, 1.54) is 29.2 Å². The summed E-state index contributed by atoms with van der Waals surface area (Å²) in [5.41, 5.74) is 3.13. The second-order valence-electron chi connectivity index (χ2n) is 8.65. The Balaban J connectivity index is 1.40. The number of ether oxygens (including phenoxy) is 1. The van der Waals surface area contributed by atoms with Crippen LogP contribution < -0.4 is 10.6 Å². The van der Waals surface area contributed by atoms with E-state index in [0.29, 0.717) is 16.3 Å². The van der Waals surface area contributed by atoms with E-state index >= 15 is 0 Å². The van der Waals surface area contributed by atoms with Crippen molar-refractivity contribution in [3.8, 4) is 0 Å². The van der Waals surface area contributed by atoms with E-state index in [2.05, 4.69) is 10.6 Å². The second-order valence-corrected chi connectivity index (χ2v) is 11.2. The number of benzene rings is 2. The van der Waals surface area contributed by atoms with Crippen LogP contribution in [-0.4, -0.2) is 29.6 Å². The van der Waals surface area contributed by atoms with Gasteiger partial charge in [0.15, 0.2) is 0 Å². The number of hydrogen-bond acceptors (Lipinski definition) is 6. The number of esters is 1. The summed E-state index contributed by atoms with van der Waals surface area (Å²) in [5.74, 6) is -0.790. The van der Waals surface area contributed by atoms with E-state index in [4.69, 9.17) is 4.74 Å². The van der Waals surface area contributed by atoms with Gasteiger partial charge in [-0.2, -0.15) is 0 Å². The lowest BCUT2D eigenvalue weighted by molar-refractivity contribution is -0.115. The number of hydrogen-bond donors (Lipinski definition) is 2. The molecule has 2 N–H and O–H groups in total. The fourth-order valence-electron chi connectivity index (χ4n) is 4.11. The molecule has 0 spiro atoms. The number of anilines is 2. The zero-order chi connectivity index (χ0) is 26.2. The zero-order valence-electron chi connectivity index (χ0n) is 20.9. The average molecular weight is 535 g/mol. The smallest absolute Gasteiger partial charge is 0.341 e. The molecule has 0 saturated heterocycles. The van der Waals surface area contributed by atoms with E-state index in [-0.39, 0.29) is 24.4 Å². The lowest BCUT2D eigenvalue weighted by atomic mass is 9.95. The zero-order valence-corrected chi connectivity index (χ0v) is 22.5. The number of amides is 2. The molecule has 37 heavy (non-hydrogen) atoms. The minimum absolute atomic E-state index is 0.186. The summed E-state index contributed by atoms with van der Waals surface area (Å²) in [6.45, 7) is 3.90. The van der Waals surface area contributed by atoms with Crippen molar-refractivity contribution in [2.75, 3.05) is 17.2 Å². The lowest BCUT2D eigenvalue weighted by Crippen LogP contribution is -2.23. The molecule has 192 valence electrons. The van der Waals surface area contributed by atoms with Crippen molar-refractivity contribution in [2.24, 2.45) is 0 Å². The largest absolute Gasteiger partial charge is 0.462 e. The summed E-state index contributed by atoms with van der Waals surface area (Å²) in [7, 11) is 0. The molecular formula is C29H30N2O4S2. The fourth-order valence-corrected chi connectivity index (χ4v) is 6.32. The first-order valence-electron chi connectivity index (χ1n) is 12.4. The Hall–Kier alpha value is -3.36. The highest BCUT2D eigenvalue weighted by Crippen LogP contribution is 2.39. The molecule has 0 fully saturated rings. The van der Waals surface area contributed by atoms with E-state index in [0.717, 1.165) is 46.6 Å². The third-order valence-corrected chi connectivity index (χ3v) is 8.20. The van der Waals surface area contributed by atoms with Crippen LogP contribution in [0.4, 0.5) is 10.7 Å². The molecule has 0 bridgehead atoms. The monoisotopic (exact) mass is 534 g/mol. The van der Waals surface area contributed by atoms with Gasteiger partial charge in [0.2, 0.25) is 11.8 Å². The molecule has 6 nitrogen and oxygen atoms in total. The van der Waals surface area contributed by atoms with Crippen molar-refractivity contribution in [1.29, 1.82) is 0 Å². The maximum absolute atomic E-state index is 13.1. The Labute approximate surface area is 225 Å². The molecule has 2 amide bonds. The highest BCUT2D eigenvalue weighted by atomic mass is 32.2. The molecule has 8 heteroatoms. The Morgan fingerprint density at radius 1 is 1.05 bits per heavy atom. The minimum atomic E-state index is -0.418. The van der Waals surface area contributed by atoms with Crippen LogP contribution in [-0.2, 0) is 27.2 Å². The Kier molecular flexibility index (Phi) is 9.19. The van der Waals surface area contributed by atoms with E-state index in [9.17, 15) is 14.4 Å². The first kappa shape index (κ1) is 26.7. The standard InChI is InChI=1S/C29H30N2O4S2/c1-3-35-29(34)26-23-14-7-8-15-24(23)37-28(26)31-27(33)19(2)36-22-13-9-12-21(18-22)30-25(32)17-16-20-10-5-4-6-11-20/h4-6,9-13,16-19H,3,7-8,14-15H2,1-2H3,(H,30,32)(H,31,33)/b17-16+. The molecule has 1 aromatic heterocycles. The van der Waals surface area contributed by atoms with Crippen molar-refractivity contribution in [1.82, 2.24) is 0 Å². The average Bonchev–Trinajstić information content (AvgIpc) is 3.26. The van der Waals surface area contributed by atoms with Crippen LogP contribution >= 0.6 is 23.1 Å². The van der Waals surface area contributed by atoms with Gasteiger partial charge in [-0.25, -0.2) is 4.79 Å². The van der Waals surface area contributed by atoms with Crippen LogP contribution in [0.2, 0.25) is 0 Å². The number of aryl methyl sites for hydroxylation is 1. The Bertz CT molecular complexity index is 1300. The summed E-state index contributed by atoms with van der Waals surface area (Å²) < 4.78 is 5.29. The van der Waals surface area contributed by atoms with E-state index in [1.54, 1.807) is 13.0 Å². The molecule has 3 aromatic rings. The van der Waals surface area contributed by atoms with Gasteiger partial charge in [0.05, 0.1) is 17.4 Å². The predicted octanol–water partition coefficient (Wildman–Crippen LogP) is 6.57. The Morgan fingerprint density at radius 2 is 1.84 bits per heavy atom. The minimum Gasteiger partial charge on any atom is -0.462 e. The molecule has 0 aliphatic heterocycles. The normalized spacial score (nSPS) is 13.6. The van der Waals surface area contributed by atoms with Crippen molar-refractivity contribution in [2.45, 2.75) is 49.7 Å². The van der Waals surface area contributed by atoms with Crippen LogP contribution in [0.3, 0.4) is 0 Å². The van der Waals surface area contributed by atoms with Crippen LogP contribution in [0.5, 0.6) is 0 Å². The summed E-state index contributed by atoms with van der Waals surface area (Å²) in [6, 6.07) is 17.0. The predicted molar refractivity (Wildman–Crippen MR) is 151 cm³/mol. The van der Waals surface area contributed by atoms with E-state index in [1.807, 2.05) is 61.5 Å². The molecule has 1 atom stereocenters. The van der Waals surface area contributed by atoms with E-state index < -0.39 is 5.25 Å². The van der Waals surface area contributed by atoms with Crippen LogP contribution in [0, 0.1) is 0 Å². The van der Waals surface area contributed by atoms with Crippen molar-refractivity contribution < 1.29 is 19.1 Å². The third-order valence-electron chi connectivity index (χ3n) is 5.90. The molecule has 1 unspecified atom stereocenters. The molecular weight excluding hydrogens is 504 g/mol. The number of thioether (sulfide) groups is 1. The van der Waals surface area contributed by atoms with Gasteiger partial charge in [-0.3, -0.25) is 9.59 Å². The number of thiophene rings is 1. The number of fused-ring (bicyclic) bond motifs is 1. The first-order valence-corrected chi connectivity index (χ1v) is 14.1. The van der Waals surface area contributed by atoms with Crippen LogP contribution in [0.25, 0.3) is 6.08 Å². The number of rotatable bonds is 9. The van der Waals surface area contributed by atoms with Crippen LogP contribution in [0.15, 0.2) is 65.6 Å². The highest BCUT2D eigenvalue weighted by molar-refractivity contribution is 8.00. The molecule has 4 rings (SSSR count). The van der Waals surface area contributed by atoms with Crippen LogP contribution in [0.1, 0.15) is 53.1 Å². The SMILES string of the molecule is CCOC(=O)c1c(NC(=O)C(C)Sc2cccc(NC(=O)/C=C/c3ccccc3)c2)sc2c1CCCC2. The molecule has 2 aromatic carbocycles. The topological polar surface area (TPSA) is 84.5 Å². The molecule has 0 radical (unpaired) electrons. The molecule has 1 heterocycles. The molecule has 0 saturated carbocycles. The summed E-state index contributed by atoms with van der Waals surface area (Å²) in [6.07, 6.45) is 7.13.